The number of piperidine rings is 1. The van der Waals surface area contributed by atoms with Crippen molar-refractivity contribution >= 4 is 22.9 Å². The molecule has 1 aliphatic heterocycles. The highest BCUT2D eigenvalue weighted by Crippen LogP contribution is 2.27. The second kappa shape index (κ2) is 8.65. The fourth-order valence-electron chi connectivity index (χ4n) is 4.46. The molecular weight excluding hydrogens is 388 g/mol. The molecular formula is C24H32N6O. The van der Waals surface area contributed by atoms with Gasteiger partial charge in [-0.2, -0.15) is 0 Å². The minimum Gasteiger partial charge on any atom is -0.346 e. The molecule has 7 nitrogen and oxygen atoms in total. The number of nitrogens with zero attached hydrogens (tertiary/aromatic N) is 5. The Morgan fingerprint density at radius 3 is 2.52 bits per heavy atom. The van der Waals surface area contributed by atoms with Crippen LogP contribution in [0.2, 0.25) is 0 Å². The predicted molar refractivity (Wildman–Crippen MR) is 123 cm³/mol. The summed E-state index contributed by atoms with van der Waals surface area (Å²) in [7, 11) is 2.02. The molecule has 0 aliphatic carbocycles. The van der Waals surface area contributed by atoms with Crippen molar-refractivity contribution in [3.8, 4) is 0 Å². The molecule has 164 valence electrons. The van der Waals surface area contributed by atoms with Crippen LogP contribution in [0, 0.1) is 25.7 Å². The normalized spacial score (nSPS) is 17.9. The second-order valence-corrected chi connectivity index (χ2v) is 8.98. The van der Waals surface area contributed by atoms with Crippen LogP contribution in [0.5, 0.6) is 0 Å². The fourth-order valence-corrected chi connectivity index (χ4v) is 4.46. The summed E-state index contributed by atoms with van der Waals surface area (Å²) in [5.41, 5.74) is 3.94. The van der Waals surface area contributed by atoms with E-state index in [-0.39, 0.29) is 23.8 Å². The third kappa shape index (κ3) is 4.40. The molecule has 1 N–H and O–H groups in total. The van der Waals surface area contributed by atoms with Gasteiger partial charge in [0.2, 0.25) is 11.9 Å². The van der Waals surface area contributed by atoms with Gasteiger partial charge in [-0.1, -0.05) is 26.0 Å². The fraction of sp³-hybridized carbons (Fsp3) is 0.500. The number of fused-ring (bicyclic) bond motifs is 1. The van der Waals surface area contributed by atoms with Gasteiger partial charge in [0.1, 0.15) is 5.82 Å². The maximum atomic E-state index is 13.3. The van der Waals surface area contributed by atoms with Gasteiger partial charge in [-0.25, -0.2) is 15.0 Å². The lowest BCUT2D eigenvalue weighted by Crippen LogP contribution is -2.45. The minimum atomic E-state index is -0.141. The van der Waals surface area contributed by atoms with Crippen molar-refractivity contribution in [2.75, 3.05) is 18.0 Å². The van der Waals surface area contributed by atoms with E-state index in [0.29, 0.717) is 6.54 Å². The molecule has 1 fully saturated rings. The number of hydrogen-bond donors (Lipinski definition) is 1. The van der Waals surface area contributed by atoms with Crippen LogP contribution in [0.15, 0.2) is 30.3 Å². The van der Waals surface area contributed by atoms with Gasteiger partial charge in [-0.15, -0.1) is 0 Å². The highest BCUT2D eigenvalue weighted by Gasteiger charge is 2.31. The van der Waals surface area contributed by atoms with Crippen LogP contribution in [0.4, 0.5) is 5.95 Å². The van der Waals surface area contributed by atoms with Crippen LogP contribution in [-0.2, 0) is 11.8 Å². The third-order valence-electron chi connectivity index (χ3n) is 6.11. The topological polar surface area (TPSA) is 75.9 Å². The van der Waals surface area contributed by atoms with E-state index in [2.05, 4.69) is 44.7 Å². The molecule has 0 spiro atoms. The van der Waals surface area contributed by atoms with Gasteiger partial charge in [0.25, 0.3) is 0 Å². The lowest BCUT2D eigenvalue weighted by molar-refractivity contribution is -0.126. The number of para-hydroxylation sites is 2. The number of carbonyl (C=O) groups excluding carboxylic acids is 1. The van der Waals surface area contributed by atoms with Crippen molar-refractivity contribution < 1.29 is 4.79 Å². The van der Waals surface area contributed by atoms with Gasteiger partial charge in [-0.3, -0.25) is 4.79 Å². The standard InChI is InChI=1S/C24H32N6O/c1-15(2)21(22-27-19-10-6-7-11-20(19)29(22)5)28-23(31)18-9-8-12-30(14-18)24-25-16(3)13-17(4)26-24/h6-7,10-11,13,15,18,21H,8-9,12,14H2,1-5H3,(H,28,31)/t18-,21-/m0/s1. The Labute approximate surface area is 183 Å². The van der Waals surface area contributed by atoms with E-state index in [9.17, 15) is 4.79 Å². The molecule has 1 aromatic carbocycles. The summed E-state index contributed by atoms with van der Waals surface area (Å²) < 4.78 is 2.09. The molecule has 7 heteroatoms. The lowest BCUT2D eigenvalue weighted by atomic mass is 9.95. The van der Waals surface area contributed by atoms with E-state index in [4.69, 9.17) is 4.98 Å². The number of hydrogen-bond acceptors (Lipinski definition) is 5. The van der Waals surface area contributed by atoms with Crippen molar-refractivity contribution in [2.45, 2.75) is 46.6 Å². The Morgan fingerprint density at radius 2 is 1.84 bits per heavy atom. The second-order valence-electron chi connectivity index (χ2n) is 8.98. The first-order valence-corrected chi connectivity index (χ1v) is 11.1. The first kappa shape index (κ1) is 21.3. The van der Waals surface area contributed by atoms with Gasteiger partial charge >= 0.3 is 0 Å². The Morgan fingerprint density at radius 1 is 1.13 bits per heavy atom. The van der Waals surface area contributed by atoms with Crippen LogP contribution in [0.25, 0.3) is 11.0 Å². The number of nitrogens with one attached hydrogen (secondary N) is 1. The molecule has 31 heavy (non-hydrogen) atoms. The van der Waals surface area contributed by atoms with E-state index < -0.39 is 0 Å². The van der Waals surface area contributed by atoms with E-state index in [0.717, 1.165) is 53.6 Å². The van der Waals surface area contributed by atoms with Crippen molar-refractivity contribution in [2.24, 2.45) is 18.9 Å². The van der Waals surface area contributed by atoms with Gasteiger partial charge in [0, 0.05) is 31.5 Å². The SMILES string of the molecule is Cc1cc(C)nc(N2CCC[C@H](C(=O)N[C@H](c3nc4ccccc4n3C)C(C)C)C2)n1. The first-order chi connectivity index (χ1) is 14.8. The number of aromatic nitrogens is 4. The monoisotopic (exact) mass is 420 g/mol. The molecule has 3 heterocycles. The number of benzene rings is 1. The van der Waals surface area contributed by atoms with E-state index in [1.165, 1.54) is 0 Å². The minimum absolute atomic E-state index is 0.0832. The molecule has 2 aromatic heterocycles. The van der Waals surface area contributed by atoms with Crippen molar-refractivity contribution in [1.29, 1.82) is 0 Å². The van der Waals surface area contributed by atoms with Crippen LogP contribution in [0.1, 0.15) is 49.9 Å². The summed E-state index contributed by atoms with van der Waals surface area (Å²) in [6.45, 7) is 9.74. The summed E-state index contributed by atoms with van der Waals surface area (Å²) in [4.78, 5) is 29.5. The molecule has 2 atom stereocenters. The Bertz CT molecular complexity index is 1070. The Kier molecular flexibility index (Phi) is 5.94. The largest absolute Gasteiger partial charge is 0.346 e. The molecule has 3 aromatic rings. The predicted octanol–water partition coefficient (Wildman–Crippen LogP) is 3.71. The van der Waals surface area contributed by atoms with E-state index >= 15 is 0 Å². The maximum Gasteiger partial charge on any atom is 0.225 e. The first-order valence-electron chi connectivity index (χ1n) is 11.1. The summed E-state index contributed by atoms with van der Waals surface area (Å²) in [5, 5.41) is 3.31. The summed E-state index contributed by atoms with van der Waals surface area (Å²) in [6, 6.07) is 9.92. The highest BCUT2D eigenvalue weighted by molar-refractivity contribution is 5.80. The average Bonchev–Trinajstić information content (AvgIpc) is 3.07. The summed E-state index contributed by atoms with van der Waals surface area (Å²) in [5.74, 6) is 1.84. The zero-order valence-corrected chi connectivity index (χ0v) is 19.1. The molecule has 0 saturated carbocycles. The number of anilines is 1. The summed E-state index contributed by atoms with van der Waals surface area (Å²) in [6.07, 6.45) is 1.83. The number of imidazole rings is 1. The van der Waals surface area contributed by atoms with Crippen LogP contribution in [0.3, 0.4) is 0 Å². The van der Waals surface area contributed by atoms with Gasteiger partial charge in [-0.05, 0) is 50.8 Å². The number of carbonyl (C=O) groups is 1. The highest BCUT2D eigenvalue weighted by atomic mass is 16.2. The molecule has 0 bridgehead atoms. The van der Waals surface area contributed by atoms with Gasteiger partial charge in [0.05, 0.1) is 23.0 Å². The zero-order valence-electron chi connectivity index (χ0n) is 19.1. The van der Waals surface area contributed by atoms with E-state index in [1.54, 1.807) is 0 Å². The van der Waals surface area contributed by atoms with Gasteiger partial charge < -0.3 is 14.8 Å². The van der Waals surface area contributed by atoms with E-state index in [1.807, 2.05) is 45.2 Å². The van der Waals surface area contributed by atoms with Crippen LogP contribution in [-0.4, -0.2) is 38.5 Å². The molecule has 1 aliphatic rings. The average molecular weight is 421 g/mol. The van der Waals surface area contributed by atoms with Crippen molar-refractivity contribution in [3.63, 3.8) is 0 Å². The van der Waals surface area contributed by atoms with Crippen molar-refractivity contribution in [3.05, 3.63) is 47.5 Å². The van der Waals surface area contributed by atoms with Crippen LogP contribution < -0.4 is 10.2 Å². The molecule has 1 saturated heterocycles. The van der Waals surface area contributed by atoms with Gasteiger partial charge in [0.15, 0.2) is 0 Å². The summed E-state index contributed by atoms with van der Waals surface area (Å²) >= 11 is 0. The Hall–Kier alpha value is -2.96. The molecule has 0 unspecified atom stereocenters. The van der Waals surface area contributed by atoms with Crippen LogP contribution >= 0.6 is 0 Å². The van der Waals surface area contributed by atoms with Crippen molar-refractivity contribution in [1.82, 2.24) is 24.8 Å². The Balaban J connectivity index is 1.53. The quantitative estimate of drug-likeness (QED) is 0.681. The number of amides is 1. The smallest absolute Gasteiger partial charge is 0.225 e. The number of rotatable bonds is 5. The molecule has 1 amide bonds. The zero-order chi connectivity index (χ0) is 22.1. The molecule has 4 rings (SSSR count). The molecule has 0 radical (unpaired) electrons. The maximum absolute atomic E-state index is 13.3. The third-order valence-corrected chi connectivity index (χ3v) is 6.11. The lowest BCUT2D eigenvalue weighted by Gasteiger charge is -2.33. The number of aryl methyl sites for hydroxylation is 3.